The van der Waals surface area contributed by atoms with E-state index in [-0.39, 0.29) is 63.2 Å². The topological polar surface area (TPSA) is 304 Å². The van der Waals surface area contributed by atoms with Crippen molar-refractivity contribution in [1.82, 2.24) is 31.1 Å². The molecule has 2 unspecified atom stereocenters. The van der Waals surface area contributed by atoms with Crippen LogP contribution in [0.25, 0.3) is 0 Å². The second-order valence-electron chi connectivity index (χ2n) is 15.4. The molecule has 0 aromatic heterocycles. The number of nitrogens with zero attached hydrogens (tertiary/aromatic N) is 2. The van der Waals surface area contributed by atoms with Gasteiger partial charge in [-0.05, 0) is 55.2 Å². The zero-order valence-electron chi connectivity index (χ0n) is 32.2. The summed E-state index contributed by atoms with van der Waals surface area (Å²) < 4.78 is 0. The number of fused-ring (bicyclic) bond motifs is 2. The average Bonchev–Trinajstić information content (AvgIpc) is 3.72. The van der Waals surface area contributed by atoms with Crippen LogP contribution in [0.5, 0.6) is 11.5 Å². The molecule has 2 aromatic carbocycles. The molecule has 11 atom stereocenters. The van der Waals surface area contributed by atoms with Crippen LogP contribution >= 0.6 is 0 Å². The third-order valence-corrected chi connectivity index (χ3v) is 10.9. The summed E-state index contributed by atoms with van der Waals surface area (Å²) in [5, 5.41) is 73.8. The minimum Gasteiger partial charge on any atom is -0.508 e. The Morgan fingerprint density at radius 2 is 1.36 bits per heavy atom. The Morgan fingerprint density at radius 1 is 0.759 bits per heavy atom. The highest BCUT2D eigenvalue weighted by molar-refractivity contribution is 5.97. The van der Waals surface area contributed by atoms with Gasteiger partial charge < -0.3 is 67.4 Å². The number of amides is 6. The number of benzene rings is 2. The number of hydrogen-bond acceptors (Lipinski definition) is 13. The summed E-state index contributed by atoms with van der Waals surface area (Å²) in [6.45, 7) is 2.35. The van der Waals surface area contributed by atoms with Gasteiger partial charge in [0, 0.05) is 44.8 Å². The predicted molar refractivity (Wildman–Crippen MR) is 204 cm³/mol. The molecule has 0 bridgehead atoms. The Kier molecular flexibility index (Phi) is 14.3. The van der Waals surface area contributed by atoms with Crippen molar-refractivity contribution in [3.05, 3.63) is 59.7 Å². The van der Waals surface area contributed by atoms with Crippen LogP contribution in [0.4, 0.5) is 0 Å². The molecule has 0 spiro atoms. The fourth-order valence-electron chi connectivity index (χ4n) is 7.56. The lowest BCUT2D eigenvalue weighted by Gasteiger charge is -2.33. The Labute approximate surface area is 334 Å². The van der Waals surface area contributed by atoms with Gasteiger partial charge >= 0.3 is 0 Å². The van der Waals surface area contributed by atoms with Crippen molar-refractivity contribution >= 4 is 35.4 Å². The van der Waals surface area contributed by atoms with Crippen molar-refractivity contribution in [2.45, 2.75) is 107 Å². The van der Waals surface area contributed by atoms with E-state index in [9.17, 15) is 59.4 Å². The molecule has 58 heavy (non-hydrogen) atoms. The summed E-state index contributed by atoms with van der Waals surface area (Å²) in [6.07, 6.45) is -6.26. The van der Waals surface area contributed by atoms with Crippen LogP contribution in [0.2, 0.25) is 0 Å². The van der Waals surface area contributed by atoms with Crippen molar-refractivity contribution in [1.29, 1.82) is 0 Å². The first-order chi connectivity index (χ1) is 27.4. The number of rotatable bonds is 6. The van der Waals surface area contributed by atoms with Crippen LogP contribution in [0.15, 0.2) is 48.5 Å². The van der Waals surface area contributed by atoms with Gasteiger partial charge in [-0.25, -0.2) is 0 Å². The molecule has 12 N–H and O–H groups in total. The third kappa shape index (κ3) is 10.4. The van der Waals surface area contributed by atoms with Crippen molar-refractivity contribution in [2.75, 3.05) is 19.6 Å². The smallest absolute Gasteiger partial charge is 0.248 e. The molecule has 3 aliphatic rings. The molecule has 316 valence electrons. The number of aromatic hydroxyl groups is 2. The number of carbonyl (C=O) groups is 6. The molecular weight excluding hydrogens is 758 g/mol. The molecule has 5 rings (SSSR count). The van der Waals surface area contributed by atoms with Gasteiger partial charge in [-0.1, -0.05) is 31.2 Å². The fourth-order valence-corrected chi connectivity index (χ4v) is 7.56. The maximum absolute atomic E-state index is 14.3. The second kappa shape index (κ2) is 18.9. The number of phenols is 2. The maximum atomic E-state index is 14.3. The van der Waals surface area contributed by atoms with Gasteiger partial charge in [0.2, 0.25) is 35.4 Å². The second-order valence-corrected chi connectivity index (χ2v) is 15.4. The van der Waals surface area contributed by atoms with E-state index in [1.807, 2.05) is 0 Å². The van der Waals surface area contributed by atoms with Crippen molar-refractivity contribution in [3.8, 4) is 11.5 Å². The molecular formula is C39H53N7O12. The van der Waals surface area contributed by atoms with Crippen LogP contribution in [0.3, 0.4) is 0 Å². The molecule has 19 heteroatoms. The van der Waals surface area contributed by atoms with Crippen LogP contribution in [-0.2, 0) is 41.6 Å². The van der Waals surface area contributed by atoms with Gasteiger partial charge in [-0.15, -0.1) is 0 Å². The Balaban J connectivity index is 1.52. The summed E-state index contributed by atoms with van der Waals surface area (Å²) in [7, 11) is 0. The zero-order chi connectivity index (χ0) is 42.4. The fraction of sp³-hybridized carbons (Fsp3) is 0.538. The average molecular weight is 812 g/mol. The van der Waals surface area contributed by atoms with Crippen molar-refractivity contribution in [2.24, 2.45) is 11.7 Å². The van der Waals surface area contributed by atoms with Gasteiger partial charge in [0.25, 0.3) is 0 Å². The molecule has 3 aliphatic heterocycles. The van der Waals surface area contributed by atoms with Gasteiger partial charge in [-0.2, -0.15) is 0 Å². The molecule has 2 aromatic rings. The number of aliphatic hydroxyl groups is 4. The quantitative estimate of drug-likeness (QED) is 0.135. The highest BCUT2D eigenvalue weighted by atomic mass is 16.3. The maximum Gasteiger partial charge on any atom is 0.248 e. The third-order valence-electron chi connectivity index (χ3n) is 10.9. The summed E-state index contributed by atoms with van der Waals surface area (Å²) in [4.78, 5) is 85.6. The summed E-state index contributed by atoms with van der Waals surface area (Å²) in [5.41, 5.74) is 7.18. The van der Waals surface area contributed by atoms with Crippen molar-refractivity contribution < 1.29 is 59.4 Å². The number of phenolic OH excluding ortho intramolecular Hbond substituents is 2. The highest BCUT2D eigenvalue weighted by Gasteiger charge is 2.49. The lowest BCUT2D eigenvalue weighted by Crippen LogP contribution is -2.63. The minimum atomic E-state index is -1.84. The first-order valence-electron chi connectivity index (χ1n) is 19.3. The SMILES string of the molecule is CC(O)[C@@H]1NC(=O)[C@H]([C@H](O)Cc2ccc(O)cc2)NC(=O)[C@@H]2C[C@@H](O)CN2C(=O)C(Cc2ccc(O)cc2)NC(=O)[C@@H](N)CCCNC(=O)[C@@H]2[C@@H](O)[C@@H](C)CN2C1=O. The van der Waals surface area contributed by atoms with E-state index in [0.717, 1.165) is 9.80 Å². The Bertz CT molecular complexity index is 1810. The number of nitrogens with two attached hydrogens (primary N) is 1. The molecule has 19 nitrogen and oxygen atoms in total. The van der Waals surface area contributed by atoms with Crippen LogP contribution in [0.1, 0.15) is 44.2 Å². The molecule has 3 saturated heterocycles. The number of nitrogens with one attached hydrogen (secondary N) is 4. The summed E-state index contributed by atoms with van der Waals surface area (Å²) >= 11 is 0. The first-order valence-corrected chi connectivity index (χ1v) is 19.3. The molecule has 3 fully saturated rings. The van der Waals surface area contributed by atoms with Gasteiger partial charge in [0.05, 0.1) is 30.5 Å². The van der Waals surface area contributed by atoms with Gasteiger partial charge in [0.1, 0.15) is 41.7 Å². The number of hydrogen-bond donors (Lipinski definition) is 11. The Morgan fingerprint density at radius 3 is 1.98 bits per heavy atom. The number of carbonyl (C=O) groups excluding carboxylic acids is 6. The predicted octanol–water partition coefficient (Wildman–Crippen LogP) is -3.51. The van der Waals surface area contributed by atoms with Crippen LogP contribution in [-0.4, -0.2) is 156 Å². The van der Waals surface area contributed by atoms with E-state index < -0.39 is 102 Å². The van der Waals surface area contributed by atoms with Crippen LogP contribution in [0, 0.1) is 5.92 Å². The lowest BCUT2D eigenvalue weighted by atomic mass is 9.99. The molecule has 3 heterocycles. The largest absolute Gasteiger partial charge is 0.508 e. The van der Waals surface area contributed by atoms with Gasteiger partial charge in [0.15, 0.2) is 0 Å². The number of aliphatic hydroxyl groups excluding tert-OH is 4. The van der Waals surface area contributed by atoms with Crippen molar-refractivity contribution in [3.63, 3.8) is 0 Å². The van der Waals surface area contributed by atoms with Crippen LogP contribution < -0.4 is 27.0 Å². The van der Waals surface area contributed by atoms with E-state index >= 15 is 0 Å². The van der Waals surface area contributed by atoms with E-state index in [1.165, 1.54) is 55.5 Å². The normalized spacial score (nSPS) is 30.6. The standard InChI is InChI=1S/C39H53N7O12/c1-19-17-46-32(33(19)52)37(56)41-13-3-4-26(40)34(53)42-27(14-21-5-9-23(48)10-6-21)38(57)45-18-25(50)16-28(45)35(54)44-31(36(55)43-30(20(2)47)39(46)58)29(51)15-22-7-11-24(49)12-8-22/h5-12,19-20,25-33,47-52H,3-4,13-18,40H2,1-2H3,(H,41,56)(H,42,53)(H,43,55)(H,44,54)/t19-,20?,25+,26-,27?,28-,29+,30-,31-,32-,33-/m0/s1. The van der Waals surface area contributed by atoms with E-state index in [4.69, 9.17) is 5.73 Å². The Hall–Kier alpha value is -5.34. The molecule has 0 radical (unpaired) electrons. The van der Waals surface area contributed by atoms with E-state index in [1.54, 1.807) is 6.92 Å². The highest BCUT2D eigenvalue weighted by Crippen LogP contribution is 2.26. The molecule has 6 amide bonds. The summed E-state index contributed by atoms with van der Waals surface area (Å²) in [5.74, 6) is -5.96. The lowest BCUT2D eigenvalue weighted by molar-refractivity contribution is -0.146. The minimum absolute atomic E-state index is 0.0202. The molecule has 0 aliphatic carbocycles. The monoisotopic (exact) mass is 811 g/mol. The van der Waals surface area contributed by atoms with E-state index in [2.05, 4.69) is 21.3 Å². The summed E-state index contributed by atoms with van der Waals surface area (Å²) in [6, 6.07) is 2.59. The molecule has 0 saturated carbocycles. The zero-order valence-corrected chi connectivity index (χ0v) is 32.2. The van der Waals surface area contributed by atoms with Gasteiger partial charge in [-0.3, -0.25) is 28.8 Å². The van der Waals surface area contributed by atoms with E-state index in [0.29, 0.717) is 11.1 Å². The first kappa shape index (κ1) is 43.8.